The number of anilines is 4. The molecule has 2 aliphatic heterocycles. The number of hydrogen-bond acceptors (Lipinski definition) is 7. The predicted molar refractivity (Wildman–Crippen MR) is 147 cm³/mol. The number of aryl methyl sites for hydroxylation is 2. The van der Waals surface area contributed by atoms with E-state index in [0.29, 0.717) is 12.4 Å². The summed E-state index contributed by atoms with van der Waals surface area (Å²) in [5.41, 5.74) is 5.45. The average Bonchev–Trinajstić information content (AvgIpc) is 3.13. The van der Waals surface area contributed by atoms with Crippen molar-refractivity contribution in [2.45, 2.75) is 32.1 Å². The van der Waals surface area contributed by atoms with Crippen LogP contribution < -0.4 is 25.6 Å². The summed E-state index contributed by atoms with van der Waals surface area (Å²) in [6, 6.07) is 12.2. The number of amides is 1. The molecule has 0 aliphatic carbocycles. The van der Waals surface area contributed by atoms with Crippen molar-refractivity contribution in [3.63, 3.8) is 0 Å². The van der Waals surface area contributed by atoms with Gasteiger partial charge in [0, 0.05) is 49.8 Å². The minimum Gasteiger partial charge on any atom is -0.494 e. The molecule has 0 spiro atoms. The van der Waals surface area contributed by atoms with Crippen LogP contribution in [-0.2, 0) is 23.1 Å². The lowest BCUT2D eigenvalue weighted by Gasteiger charge is -2.30. The molecule has 0 bridgehead atoms. The van der Waals surface area contributed by atoms with E-state index in [2.05, 4.69) is 60.0 Å². The third-order valence-corrected chi connectivity index (χ3v) is 7.62. The van der Waals surface area contributed by atoms with E-state index in [-0.39, 0.29) is 5.91 Å². The van der Waals surface area contributed by atoms with Crippen molar-refractivity contribution >= 4 is 44.8 Å². The monoisotopic (exact) mass is 550 g/mol. The maximum Gasteiger partial charge on any atom is 0.234 e. The molecule has 8 nitrogen and oxygen atoms in total. The fraction of sp³-hybridized carbons (Fsp3) is 0.370. The van der Waals surface area contributed by atoms with Gasteiger partial charge in [0.05, 0.1) is 28.4 Å². The number of hydrogen-bond donors (Lipinski definition) is 3. The topological polar surface area (TPSA) is 91.4 Å². The number of halogens is 1. The van der Waals surface area contributed by atoms with Gasteiger partial charge in [-0.15, -0.1) is 0 Å². The Labute approximate surface area is 220 Å². The van der Waals surface area contributed by atoms with Crippen LogP contribution in [0, 0.1) is 0 Å². The molecule has 0 radical (unpaired) electrons. The second-order valence-corrected chi connectivity index (χ2v) is 10.5. The lowest BCUT2D eigenvalue weighted by molar-refractivity contribution is -0.119. The smallest absolute Gasteiger partial charge is 0.234 e. The van der Waals surface area contributed by atoms with Gasteiger partial charge in [0.1, 0.15) is 5.75 Å². The molecule has 3 heterocycles. The second-order valence-electron chi connectivity index (χ2n) is 9.65. The molecule has 3 aromatic rings. The molecule has 2 aromatic carbocycles. The number of benzene rings is 2. The maximum atomic E-state index is 12.5. The highest BCUT2D eigenvalue weighted by Crippen LogP contribution is 2.40. The van der Waals surface area contributed by atoms with Gasteiger partial charge in [-0.25, -0.2) is 9.97 Å². The summed E-state index contributed by atoms with van der Waals surface area (Å²) < 4.78 is 6.53. The zero-order valence-corrected chi connectivity index (χ0v) is 22.4. The molecule has 36 heavy (non-hydrogen) atoms. The molecule has 0 unspecified atom stereocenters. The molecule has 0 atom stereocenters. The van der Waals surface area contributed by atoms with Gasteiger partial charge < -0.3 is 25.6 Å². The molecule has 0 saturated carbocycles. The van der Waals surface area contributed by atoms with Crippen molar-refractivity contribution in [2.75, 3.05) is 48.8 Å². The van der Waals surface area contributed by atoms with Gasteiger partial charge in [0.25, 0.3) is 0 Å². The molecule has 1 fully saturated rings. The minimum atomic E-state index is -0.547. The molecule has 2 aliphatic rings. The lowest BCUT2D eigenvalue weighted by atomic mass is 9.82. The summed E-state index contributed by atoms with van der Waals surface area (Å²) in [5.74, 6) is 1.30. The summed E-state index contributed by atoms with van der Waals surface area (Å²) in [6.45, 7) is 7.85. The van der Waals surface area contributed by atoms with Crippen molar-refractivity contribution in [3.8, 4) is 5.75 Å². The first-order valence-electron chi connectivity index (χ1n) is 12.2. The van der Waals surface area contributed by atoms with Crippen molar-refractivity contribution in [1.29, 1.82) is 0 Å². The predicted octanol–water partition coefficient (Wildman–Crippen LogP) is 4.42. The van der Waals surface area contributed by atoms with Crippen molar-refractivity contribution in [3.05, 3.63) is 63.9 Å². The van der Waals surface area contributed by atoms with Crippen LogP contribution in [0.1, 0.15) is 30.7 Å². The summed E-state index contributed by atoms with van der Waals surface area (Å²) in [4.78, 5) is 24.1. The van der Waals surface area contributed by atoms with E-state index in [0.717, 1.165) is 76.7 Å². The van der Waals surface area contributed by atoms with E-state index in [1.807, 2.05) is 32.0 Å². The SMILES string of the molecule is COc1cc(N2CCNCC2)ccc1Nc1ncc(Br)c(CCc2cccc3c2C(C)(C)C(=O)N3)n1. The molecular weight excluding hydrogens is 520 g/mol. The van der Waals surface area contributed by atoms with Crippen LogP contribution in [0.2, 0.25) is 0 Å². The first-order valence-corrected chi connectivity index (χ1v) is 13.0. The molecule has 1 amide bonds. The average molecular weight is 551 g/mol. The number of carbonyl (C=O) groups excluding carboxylic acids is 1. The van der Waals surface area contributed by atoms with Crippen LogP contribution in [0.25, 0.3) is 0 Å². The first kappa shape index (κ1) is 24.5. The van der Waals surface area contributed by atoms with Crippen molar-refractivity contribution in [1.82, 2.24) is 15.3 Å². The van der Waals surface area contributed by atoms with E-state index in [1.165, 1.54) is 0 Å². The molecule has 1 aromatic heterocycles. The number of nitrogens with zero attached hydrogens (tertiary/aromatic N) is 3. The van der Waals surface area contributed by atoms with Crippen LogP contribution in [0.4, 0.5) is 23.0 Å². The summed E-state index contributed by atoms with van der Waals surface area (Å²) in [5, 5.41) is 9.72. The number of carbonyl (C=O) groups is 1. The summed E-state index contributed by atoms with van der Waals surface area (Å²) >= 11 is 3.61. The number of rotatable bonds is 7. The standard InChI is InChI=1S/C27H31BrN6O2/c1-27(2)24-17(5-4-6-22(24)31-25(27)35)7-9-20-19(28)16-30-26(32-20)33-21-10-8-18(15-23(21)36-3)34-13-11-29-12-14-34/h4-6,8,10,15-16,29H,7,9,11-14H2,1-3H3,(H,31,35)(H,30,32,33). The fourth-order valence-corrected chi connectivity index (χ4v) is 5.35. The van der Waals surface area contributed by atoms with E-state index < -0.39 is 5.41 Å². The third-order valence-electron chi connectivity index (χ3n) is 6.95. The number of ether oxygens (including phenoxy) is 1. The van der Waals surface area contributed by atoms with Crippen LogP contribution in [-0.4, -0.2) is 49.2 Å². The highest BCUT2D eigenvalue weighted by atomic mass is 79.9. The maximum absolute atomic E-state index is 12.5. The van der Waals surface area contributed by atoms with Gasteiger partial charge in [0.15, 0.2) is 0 Å². The normalized spacial score (nSPS) is 16.4. The van der Waals surface area contributed by atoms with Crippen LogP contribution >= 0.6 is 15.9 Å². The van der Waals surface area contributed by atoms with Gasteiger partial charge >= 0.3 is 0 Å². The van der Waals surface area contributed by atoms with Crippen LogP contribution in [0.5, 0.6) is 5.75 Å². The Morgan fingerprint density at radius 3 is 2.75 bits per heavy atom. The molecule has 5 rings (SSSR count). The Bertz CT molecular complexity index is 1290. The van der Waals surface area contributed by atoms with E-state index in [1.54, 1.807) is 13.3 Å². The van der Waals surface area contributed by atoms with Crippen molar-refractivity contribution in [2.24, 2.45) is 0 Å². The van der Waals surface area contributed by atoms with Gasteiger partial charge in [-0.1, -0.05) is 12.1 Å². The van der Waals surface area contributed by atoms with Gasteiger partial charge in [-0.3, -0.25) is 4.79 Å². The zero-order valence-electron chi connectivity index (χ0n) is 20.8. The molecular formula is C27H31BrN6O2. The summed E-state index contributed by atoms with van der Waals surface area (Å²) in [6.07, 6.45) is 3.24. The van der Waals surface area contributed by atoms with E-state index >= 15 is 0 Å². The minimum absolute atomic E-state index is 0.0385. The third kappa shape index (κ3) is 4.77. The fourth-order valence-electron chi connectivity index (χ4n) is 4.96. The molecule has 1 saturated heterocycles. The Morgan fingerprint density at radius 2 is 1.97 bits per heavy atom. The number of aromatic nitrogens is 2. The quantitative estimate of drug-likeness (QED) is 0.401. The molecule has 3 N–H and O–H groups in total. The number of nitrogens with one attached hydrogen (secondary N) is 3. The lowest BCUT2D eigenvalue weighted by Crippen LogP contribution is -2.43. The second kappa shape index (κ2) is 10.1. The number of piperazine rings is 1. The van der Waals surface area contributed by atoms with E-state index in [9.17, 15) is 4.79 Å². The molecule has 9 heteroatoms. The first-order chi connectivity index (χ1) is 17.4. The van der Waals surface area contributed by atoms with Gasteiger partial charge in [0.2, 0.25) is 11.9 Å². The van der Waals surface area contributed by atoms with Crippen molar-refractivity contribution < 1.29 is 9.53 Å². The van der Waals surface area contributed by atoms with Gasteiger partial charge in [-0.05, 0) is 71.9 Å². The Kier molecular flexibility index (Phi) is 6.85. The molecule has 188 valence electrons. The van der Waals surface area contributed by atoms with Crippen LogP contribution in [0.3, 0.4) is 0 Å². The Balaban J connectivity index is 1.34. The Morgan fingerprint density at radius 1 is 1.17 bits per heavy atom. The highest BCUT2D eigenvalue weighted by molar-refractivity contribution is 9.10. The number of methoxy groups -OCH3 is 1. The Hall–Kier alpha value is -3.17. The van der Waals surface area contributed by atoms with Crippen LogP contribution in [0.15, 0.2) is 47.1 Å². The number of fused-ring (bicyclic) bond motifs is 1. The van der Waals surface area contributed by atoms with Gasteiger partial charge in [-0.2, -0.15) is 0 Å². The van der Waals surface area contributed by atoms with E-state index in [4.69, 9.17) is 9.72 Å². The largest absolute Gasteiger partial charge is 0.494 e. The summed E-state index contributed by atoms with van der Waals surface area (Å²) in [7, 11) is 1.68. The zero-order chi connectivity index (χ0) is 25.3. The highest BCUT2D eigenvalue weighted by Gasteiger charge is 2.39.